The molecule has 0 unspecified atom stereocenters. The maximum Gasteiger partial charge on any atom is 0.224 e. The highest BCUT2D eigenvalue weighted by atomic mass is 19.1. The molecule has 0 aliphatic heterocycles. The molecule has 0 saturated heterocycles. The topological polar surface area (TPSA) is 95.1 Å². The fraction of sp³-hybridized carbons (Fsp3) is 0.125. The van der Waals surface area contributed by atoms with Gasteiger partial charge in [-0.25, -0.2) is 9.07 Å². The van der Waals surface area contributed by atoms with E-state index in [2.05, 4.69) is 15.6 Å². The van der Waals surface area contributed by atoms with Crippen molar-refractivity contribution < 1.29 is 13.9 Å². The smallest absolute Gasteiger partial charge is 0.224 e. The minimum Gasteiger partial charge on any atom is -0.497 e. The number of hydrogen-bond donors (Lipinski definition) is 2. The third-order valence-corrected chi connectivity index (χ3v) is 4.99. The second-order valence-electron chi connectivity index (χ2n) is 7.21. The van der Waals surface area contributed by atoms with Crippen LogP contribution in [-0.2, 0) is 11.2 Å². The molecule has 0 bridgehead atoms. The molecule has 1 heterocycles. The van der Waals surface area contributed by atoms with Crippen molar-refractivity contribution in [1.29, 1.82) is 0 Å². The number of amides is 1. The average molecular weight is 431 g/mol. The molecule has 0 saturated carbocycles. The third kappa shape index (κ3) is 4.92. The van der Waals surface area contributed by atoms with Crippen LogP contribution in [0.2, 0.25) is 0 Å². The van der Waals surface area contributed by atoms with Crippen LogP contribution in [0.4, 0.5) is 15.8 Å². The molecule has 3 N–H and O–H groups in total. The van der Waals surface area contributed by atoms with Crippen LogP contribution < -0.4 is 15.8 Å². The van der Waals surface area contributed by atoms with Gasteiger partial charge in [-0.3, -0.25) is 4.79 Å². The van der Waals surface area contributed by atoms with E-state index in [1.165, 1.54) is 12.1 Å². The van der Waals surface area contributed by atoms with Crippen LogP contribution in [0.5, 0.6) is 5.75 Å². The van der Waals surface area contributed by atoms with Crippen molar-refractivity contribution in [1.82, 2.24) is 15.0 Å². The van der Waals surface area contributed by atoms with Gasteiger partial charge in [-0.05, 0) is 59.7 Å². The van der Waals surface area contributed by atoms with E-state index in [0.29, 0.717) is 23.5 Å². The number of ether oxygens (including phenoxy) is 1. The Morgan fingerprint density at radius 3 is 2.50 bits per heavy atom. The first kappa shape index (κ1) is 21.0. The quantitative estimate of drug-likeness (QED) is 0.427. The zero-order chi connectivity index (χ0) is 22.5. The van der Waals surface area contributed by atoms with E-state index in [9.17, 15) is 9.18 Å². The number of aromatic nitrogens is 3. The van der Waals surface area contributed by atoms with E-state index in [0.717, 1.165) is 22.6 Å². The van der Waals surface area contributed by atoms with Crippen LogP contribution in [0.3, 0.4) is 0 Å². The lowest BCUT2D eigenvalue weighted by Crippen LogP contribution is -2.13. The number of hydrogen-bond acceptors (Lipinski definition) is 5. The second-order valence-corrected chi connectivity index (χ2v) is 7.21. The van der Waals surface area contributed by atoms with E-state index in [4.69, 9.17) is 10.5 Å². The number of methoxy groups -OCH3 is 1. The van der Waals surface area contributed by atoms with Crippen LogP contribution in [0.25, 0.3) is 16.8 Å². The van der Waals surface area contributed by atoms with Crippen molar-refractivity contribution in [3.8, 4) is 22.6 Å². The first-order chi connectivity index (χ1) is 15.5. The van der Waals surface area contributed by atoms with Crippen LogP contribution in [0.1, 0.15) is 12.1 Å². The Labute approximate surface area is 184 Å². The summed E-state index contributed by atoms with van der Waals surface area (Å²) in [6.07, 6.45) is 2.44. The number of benzene rings is 3. The molecule has 7 nitrogen and oxygen atoms in total. The summed E-state index contributed by atoms with van der Waals surface area (Å²) in [5.41, 5.74) is 10.2. The Morgan fingerprint density at radius 2 is 1.78 bits per heavy atom. The summed E-state index contributed by atoms with van der Waals surface area (Å²) >= 11 is 0. The van der Waals surface area contributed by atoms with Gasteiger partial charge in [0, 0.05) is 12.8 Å². The van der Waals surface area contributed by atoms with Crippen molar-refractivity contribution in [2.45, 2.75) is 12.8 Å². The molecule has 0 atom stereocenters. The Kier molecular flexibility index (Phi) is 6.12. The number of carbonyl (C=O) groups is 1. The molecular formula is C24H22FN5O2. The van der Waals surface area contributed by atoms with Crippen molar-refractivity contribution >= 4 is 17.3 Å². The molecule has 0 aliphatic carbocycles. The predicted octanol–water partition coefficient (Wildman–Crippen LogP) is 4.24. The summed E-state index contributed by atoms with van der Waals surface area (Å²) in [7, 11) is 1.61. The van der Waals surface area contributed by atoms with Crippen LogP contribution in [0, 0.1) is 5.82 Å². The van der Waals surface area contributed by atoms with Crippen molar-refractivity contribution in [2.75, 3.05) is 18.2 Å². The van der Waals surface area contributed by atoms with Crippen LogP contribution in [-0.4, -0.2) is 28.0 Å². The fourth-order valence-corrected chi connectivity index (χ4v) is 3.21. The van der Waals surface area contributed by atoms with Gasteiger partial charge < -0.3 is 15.8 Å². The lowest BCUT2D eigenvalue weighted by molar-refractivity contribution is -0.116. The van der Waals surface area contributed by atoms with Crippen LogP contribution >= 0.6 is 0 Å². The molecular weight excluding hydrogens is 409 g/mol. The van der Waals surface area contributed by atoms with Gasteiger partial charge in [0.2, 0.25) is 5.91 Å². The molecule has 1 aromatic heterocycles. The molecule has 1 amide bonds. The number of aryl methyl sites for hydroxylation is 1. The number of nitrogens with zero attached hydrogens (tertiary/aromatic N) is 3. The van der Waals surface area contributed by atoms with Crippen molar-refractivity contribution in [3.05, 3.63) is 84.4 Å². The fourth-order valence-electron chi connectivity index (χ4n) is 3.21. The molecule has 0 radical (unpaired) electrons. The van der Waals surface area contributed by atoms with Gasteiger partial charge in [0.25, 0.3) is 0 Å². The number of nitrogens with one attached hydrogen (secondary N) is 1. The molecule has 0 spiro atoms. The summed E-state index contributed by atoms with van der Waals surface area (Å²) in [5.74, 6) is 0.266. The third-order valence-electron chi connectivity index (χ3n) is 4.99. The van der Waals surface area contributed by atoms with Crippen molar-refractivity contribution in [2.24, 2.45) is 0 Å². The van der Waals surface area contributed by atoms with E-state index in [1.807, 2.05) is 30.3 Å². The maximum absolute atomic E-state index is 13.2. The van der Waals surface area contributed by atoms with Gasteiger partial charge in [-0.2, -0.15) is 0 Å². The second kappa shape index (κ2) is 9.30. The SMILES string of the molecule is COc1ccc(-n2cc(CCC(=O)Nc3cc(-c4ccc(F)cc4)ccc3N)nn2)cc1. The van der Waals surface area contributed by atoms with Gasteiger partial charge in [0.15, 0.2) is 0 Å². The molecule has 0 aliphatic rings. The maximum atomic E-state index is 13.2. The van der Waals surface area contributed by atoms with Crippen molar-refractivity contribution in [3.63, 3.8) is 0 Å². The largest absolute Gasteiger partial charge is 0.497 e. The highest BCUT2D eigenvalue weighted by molar-refractivity contribution is 5.95. The first-order valence-corrected chi connectivity index (χ1v) is 10.0. The average Bonchev–Trinajstić information content (AvgIpc) is 3.29. The zero-order valence-corrected chi connectivity index (χ0v) is 17.5. The monoisotopic (exact) mass is 431 g/mol. The summed E-state index contributed by atoms with van der Waals surface area (Å²) in [6.45, 7) is 0. The summed E-state index contributed by atoms with van der Waals surface area (Å²) < 4.78 is 20.0. The minimum absolute atomic E-state index is 0.188. The molecule has 0 fully saturated rings. The molecule has 32 heavy (non-hydrogen) atoms. The summed E-state index contributed by atoms with van der Waals surface area (Å²) in [4.78, 5) is 12.5. The summed E-state index contributed by atoms with van der Waals surface area (Å²) in [6, 6.07) is 18.9. The molecule has 4 aromatic rings. The number of halogens is 1. The van der Waals surface area contributed by atoms with Crippen LogP contribution in [0.15, 0.2) is 72.9 Å². The van der Waals surface area contributed by atoms with E-state index < -0.39 is 0 Å². The van der Waals surface area contributed by atoms with Gasteiger partial charge in [-0.1, -0.05) is 23.4 Å². The Hall–Kier alpha value is -4.20. The van der Waals surface area contributed by atoms with Gasteiger partial charge in [0.05, 0.1) is 36.1 Å². The molecule has 4 rings (SSSR count). The number of nitrogens with two attached hydrogens (primary N) is 1. The van der Waals surface area contributed by atoms with E-state index in [1.54, 1.807) is 42.3 Å². The lowest BCUT2D eigenvalue weighted by atomic mass is 10.0. The standard InChI is InChI=1S/C24H22FN5O2/c1-32-21-10-8-20(9-11-21)30-15-19(28-29-30)7-13-24(31)27-23-14-17(4-12-22(23)26)16-2-5-18(25)6-3-16/h2-6,8-12,14-15H,7,13,26H2,1H3,(H,27,31). The van der Waals surface area contributed by atoms with E-state index >= 15 is 0 Å². The molecule has 3 aromatic carbocycles. The molecule has 8 heteroatoms. The molecule has 162 valence electrons. The summed E-state index contributed by atoms with van der Waals surface area (Å²) in [5, 5.41) is 11.1. The van der Waals surface area contributed by atoms with Gasteiger partial charge in [0.1, 0.15) is 11.6 Å². The Morgan fingerprint density at radius 1 is 1.06 bits per heavy atom. The van der Waals surface area contributed by atoms with Gasteiger partial charge in [-0.15, -0.1) is 5.10 Å². The Balaban J connectivity index is 1.38. The predicted molar refractivity (Wildman–Crippen MR) is 121 cm³/mol. The minimum atomic E-state index is -0.304. The highest BCUT2D eigenvalue weighted by Gasteiger charge is 2.10. The normalized spacial score (nSPS) is 10.7. The van der Waals surface area contributed by atoms with E-state index in [-0.39, 0.29) is 18.1 Å². The zero-order valence-electron chi connectivity index (χ0n) is 17.5. The highest BCUT2D eigenvalue weighted by Crippen LogP contribution is 2.27. The lowest BCUT2D eigenvalue weighted by Gasteiger charge is -2.10. The number of anilines is 2. The first-order valence-electron chi connectivity index (χ1n) is 10.0. The van der Waals surface area contributed by atoms with Gasteiger partial charge >= 0.3 is 0 Å². The number of rotatable bonds is 7. The number of carbonyl (C=O) groups excluding carboxylic acids is 1. The number of nitrogen functional groups attached to an aromatic ring is 1. The Bertz CT molecular complexity index is 1220.